The van der Waals surface area contributed by atoms with Crippen molar-refractivity contribution in [3.05, 3.63) is 24.0 Å². The molecule has 0 aromatic carbocycles. The van der Waals surface area contributed by atoms with E-state index in [1.807, 2.05) is 0 Å². The van der Waals surface area contributed by atoms with Gasteiger partial charge in [0.15, 0.2) is 0 Å². The number of carbonyl (C=O) groups is 1. The first kappa shape index (κ1) is 5.29. The van der Waals surface area contributed by atoms with E-state index in [1.54, 1.807) is 18.3 Å². The third-order valence-corrected chi connectivity index (χ3v) is 1.34. The largest absolute Gasteiger partial charge is 0.286 e. The van der Waals surface area contributed by atoms with Crippen molar-refractivity contribution >= 4 is 17.7 Å². The van der Waals surface area contributed by atoms with E-state index in [9.17, 15) is 4.79 Å². The van der Waals surface area contributed by atoms with Gasteiger partial charge < -0.3 is 0 Å². The lowest BCUT2D eigenvalue weighted by Gasteiger charge is -1.89. The van der Waals surface area contributed by atoms with E-state index in [2.05, 4.69) is 9.98 Å². The number of fused-ring (bicyclic) bond motifs is 1. The molecule has 0 aliphatic carbocycles. The molecule has 1 aliphatic heterocycles. The van der Waals surface area contributed by atoms with Gasteiger partial charge in [0.05, 0.1) is 11.9 Å². The molecular formula is C7H4N2O. The second-order valence-corrected chi connectivity index (χ2v) is 1.99. The first-order chi connectivity index (χ1) is 4.88. The maximum Gasteiger partial charge on any atom is 0.224 e. The first-order valence-corrected chi connectivity index (χ1v) is 2.91. The van der Waals surface area contributed by atoms with Crippen LogP contribution in [-0.4, -0.2) is 17.0 Å². The second-order valence-electron chi connectivity index (χ2n) is 1.99. The number of carbonyl (C=O) groups excluding carboxylic acids is 1. The summed E-state index contributed by atoms with van der Waals surface area (Å²) in [6.07, 6.45) is 2.88. The fourth-order valence-corrected chi connectivity index (χ4v) is 0.880. The number of Topliss-reactive ketones (excluding diaryl/α,β-unsaturated/α-hetero) is 1. The summed E-state index contributed by atoms with van der Waals surface area (Å²) in [4.78, 5) is 18.6. The molecule has 3 nitrogen and oxygen atoms in total. The molecule has 0 amide bonds. The molecule has 0 bridgehead atoms. The van der Waals surface area contributed by atoms with Crippen LogP contribution >= 0.6 is 0 Å². The van der Waals surface area contributed by atoms with Gasteiger partial charge in [-0.25, -0.2) is 0 Å². The molecule has 0 radical (unpaired) electrons. The molecule has 0 unspecified atom stereocenters. The van der Waals surface area contributed by atoms with Crippen molar-refractivity contribution in [3.8, 4) is 0 Å². The predicted octanol–water partition coefficient (Wildman–Crippen LogP) is 0.980. The van der Waals surface area contributed by atoms with Gasteiger partial charge in [-0.2, -0.15) is 0 Å². The van der Waals surface area contributed by atoms with Crippen molar-refractivity contribution in [2.24, 2.45) is 4.99 Å². The van der Waals surface area contributed by atoms with Gasteiger partial charge >= 0.3 is 0 Å². The van der Waals surface area contributed by atoms with E-state index < -0.39 is 0 Å². The van der Waals surface area contributed by atoms with Crippen LogP contribution in [0.3, 0.4) is 0 Å². The van der Waals surface area contributed by atoms with Gasteiger partial charge in [0, 0.05) is 6.20 Å². The zero-order chi connectivity index (χ0) is 6.97. The maximum absolute atomic E-state index is 10.9. The highest BCUT2D eigenvalue weighted by atomic mass is 16.1. The Labute approximate surface area is 57.4 Å². The van der Waals surface area contributed by atoms with Gasteiger partial charge in [0.2, 0.25) is 5.78 Å². The molecule has 0 saturated heterocycles. The van der Waals surface area contributed by atoms with Gasteiger partial charge in [0.1, 0.15) is 5.69 Å². The van der Waals surface area contributed by atoms with E-state index in [1.165, 1.54) is 6.21 Å². The molecule has 0 fully saturated rings. The predicted molar refractivity (Wildman–Crippen MR) is 36.7 cm³/mol. The number of pyridine rings is 1. The summed E-state index contributed by atoms with van der Waals surface area (Å²) in [6, 6.07) is 3.53. The maximum atomic E-state index is 10.9. The first-order valence-electron chi connectivity index (χ1n) is 2.91. The topological polar surface area (TPSA) is 42.3 Å². The Balaban J connectivity index is 2.70. The lowest BCUT2D eigenvalue weighted by molar-refractivity contribution is 0.107. The number of hydrogen-bond acceptors (Lipinski definition) is 3. The van der Waals surface area contributed by atoms with Crippen LogP contribution in [0.5, 0.6) is 0 Å². The SMILES string of the molecule is O=C1C=Nc2cccnc21. The van der Waals surface area contributed by atoms with Gasteiger partial charge in [-0.15, -0.1) is 0 Å². The molecule has 0 N–H and O–H groups in total. The number of nitrogens with zero attached hydrogens (tertiary/aromatic N) is 2. The summed E-state index contributed by atoms with van der Waals surface area (Å²) in [5.74, 6) is -0.101. The zero-order valence-electron chi connectivity index (χ0n) is 5.11. The number of hydrogen-bond donors (Lipinski definition) is 0. The minimum atomic E-state index is -0.101. The Hall–Kier alpha value is -1.51. The lowest BCUT2D eigenvalue weighted by Crippen LogP contribution is -1.96. The normalized spacial score (nSPS) is 13.8. The summed E-state index contributed by atoms with van der Waals surface area (Å²) in [7, 11) is 0. The van der Waals surface area contributed by atoms with Crippen LogP contribution < -0.4 is 0 Å². The van der Waals surface area contributed by atoms with Crippen molar-refractivity contribution < 1.29 is 4.79 Å². The van der Waals surface area contributed by atoms with Gasteiger partial charge in [-0.3, -0.25) is 14.8 Å². The fourth-order valence-electron chi connectivity index (χ4n) is 0.880. The molecule has 0 atom stereocenters. The van der Waals surface area contributed by atoms with Crippen molar-refractivity contribution in [2.45, 2.75) is 0 Å². The van der Waals surface area contributed by atoms with E-state index in [-0.39, 0.29) is 5.78 Å². The number of ketones is 1. The van der Waals surface area contributed by atoms with Gasteiger partial charge in [-0.1, -0.05) is 0 Å². The summed E-state index contributed by atoms with van der Waals surface area (Å²) in [5.41, 5.74) is 1.13. The Morgan fingerprint density at radius 3 is 3.10 bits per heavy atom. The minimum absolute atomic E-state index is 0.101. The highest BCUT2D eigenvalue weighted by Gasteiger charge is 2.14. The number of aromatic nitrogens is 1. The number of rotatable bonds is 0. The molecule has 0 saturated carbocycles. The standard InChI is InChI=1S/C7H4N2O/c10-6-4-9-5-2-1-3-8-7(5)6/h1-4H. The van der Waals surface area contributed by atoms with E-state index >= 15 is 0 Å². The average molecular weight is 132 g/mol. The summed E-state index contributed by atoms with van der Waals surface area (Å²) in [6.45, 7) is 0. The Bertz CT molecular complexity index is 317. The molecule has 2 rings (SSSR count). The Morgan fingerprint density at radius 2 is 2.30 bits per heavy atom. The van der Waals surface area contributed by atoms with E-state index in [0.29, 0.717) is 11.4 Å². The van der Waals surface area contributed by atoms with E-state index in [4.69, 9.17) is 0 Å². The van der Waals surface area contributed by atoms with Crippen LogP contribution in [0.25, 0.3) is 0 Å². The number of aliphatic imine (C=N–C) groups is 1. The average Bonchev–Trinajstić information content (AvgIpc) is 2.34. The van der Waals surface area contributed by atoms with Crippen LogP contribution in [0.1, 0.15) is 10.5 Å². The van der Waals surface area contributed by atoms with Gasteiger partial charge in [-0.05, 0) is 12.1 Å². The monoisotopic (exact) mass is 132 g/mol. The highest BCUT2D eigenvalue weighted by molar-refractivity contribution is 6.39. The third-order valence-electron chi connectivity index (χ3n) is 1.34. The van der Waals surface area contributed by atoms with Crippen molar-refractivity contribution in [3.63, 3.8) is 0 Å². The smallest absolute Gasteiger partial charge is 0.224 e. The molecule has 3 heteroatoms. The molecule has 48 valence electrons. The van der Waals surface area contributed by atoms with Crippen molar-refractivity contribution in [1.82, 2.24) is 4.98 Å². The molecule has 0 spiro atoms. The van der Waals surface area contributed by atoms with Crippen molar-refractivity contribution in [1.29, 1.82) is 0 Å². The quantitative estimate of drug-likeness (QED) is 0.528. The summed E-state index contributed by atoms with van der Waals surface area (Å²) in [5, 5.41) is 0. The minimum Gasteiger partial charge on any atom is -0.286 e. The van der Waals surface area contributed by atoms with Crippen LogP contribution in [0.15, 0.2) is 23.3 Å². The second kappa shape index (κ2) is 1.73. The third kappa shape index (κ3) is 0.572. The van der Waals surface area contributed by atoms with Crippen LogP contribution in [0, 0.1) is 0 Å². The Morgan fingerprint density at radius 1 is 1.40 bits per heavy atom. The fraction of sp³-hybridized carbons (Fsp3) is 0. The molecule has 2 heterocycles. The zero-order valence-corrected chi connectivity index (χ0v) is 5.11. The van der Waals surface area contributed by atoms with Crippen LogP contribution in [0.4, 0.5) is 5.69 Å². The molecule has 1 aromatic rings. The van der Waals surface area contributed by atoms with Crippen molar-refractivity contribution in [2.75, 3.05) is 0 Å². The molecule has 10 heavy (non-hydrogen) atoms. The summed E-state index contributed by atoms with van der Waals surface area (Å²) >= 11 is 0. The van der Waals surface area contributed by atoms with Crippen LogP contribution in [0.2, 0.25) is 0 Å². The highest BCUT2D eigenvalue weighted by Crippen LogP contribution is 2.19. The molecular weight excluding hydrogens is 128 g/mol. The summed E-state index contributed by atoms with van der Waals surface area (Å²) < 4.78 is 0. The van der Waals surface area contributed by atoms with Gasteiger partial charge in [0.25, 0.3) is 0 Å². The lowest BCUT2D eigenvalue weighted by atomic mass is 10.3. The molecule has 1 aromatic heterocycles. The molecule has 1 aliphatic rings. The van der Waals surface area contributed by atoms with Crippen LogP contribution in [-0.2, 0) is 0 Å². The van der Waals surface area contributed by atoms with E-state index in [0.717, 1.165) is 0 Å². The Kier molecular flexibility index (Phi) is 0.917.